The number of rotatable bonds is 2. The van der Waals surface area contributed by atoms with Gasteiger partial charge in [0.1, 0.15) is 4.88 Å². The SMILES string of the molecule is C#CCn1c(C(F)(F)F)c(C(=O)O)sc1=O. The first-order valence-corrected chi connectivity index (χ1v) is 4.58. The van der Waals surface area contributed by atoms with Crippen molar-refractivity contribution in [1.29, 1.82) is 0 Å². The van der Waals surface area contributed by atoms with Gasteiger partial charge in [0.2, 0.25) is 0 Å². The molecule has 4 nitrogen and oxygen atoms in total. The number of nitrogens with zero attached hydrogens (tertiary/aromatic N) is 1. The number of thiazole rings is 1. The standard InChI is InChI=1S/C8H4F3NO3S/c1-2-3-12-5(8(9,10)11)4(6(13)14)16-7(12)15/h1H,3H2,(H,13,14). The smallest absolute Gasteiger partial charge is 0.433 e. The van der Waals surface area contributed by atoms with Crippen LogP contribution in [0.15, 0.2) is 4.79 Å². The molecule has 16 heavy (non-hydrogen) atoms. The third kappa shape index (κ3) is 2.09. The number of carboxylic acid groups (broad SMARTS) is 1. The third-order valence-electron chi connectivity index (χ3n) is 1.61. The van der Waals surface area contributed by atoms with Gasteiger partial charge in [0.15, 0.2) is 5.69 Å². The number of aromatic carboxylic acids is 1. The number of hydrogen-bond donors (Lipinski definition) is 1. The first-order valence-electron chi connectivity index (χ1n) is 3.76. The van der Waals surface area contributed by atoms with E-state index in [9.17, 15) is 22.8 Å². The molecule has 1 aromatic heterocycles. The van der Waals surface area contributed by atoms with Gasteiger partial charge in [0, 0.05) is 0 Å². The lowest BCUT2D eigenvalue weighted by atomic mass is 10.3. The highest BCUT2D eigenvalue weighted by Gasteiger charge is 2.41. The minimum atomic E-state index is -4.93. The molecule has 1 N–H and O–H groups in total. The average Bonchev–Trinajstić information content (AvgIpc) is 2.44. The summed E-state index contributed by atoms with van der Waals surface area (Å²) in [5.41, 5.74) is -1.51. The van der Waals surface area contributed by atoms with E-state index in [4.69, 9.17) is 11.5 Å². The van der Waals surface area contributed by atoms with E-state index in [0.717, 1.165) is 0 Å². The Morgan fingerprint density at radius 1 is 1.56 bits per heavy atom. The molecule has 0 radical (unpaired) electrons. The molecule has 1 heterocycles. The zero-order valence-corrected chi connectivity index (χ0v) is 8.35. The maximum Gasteiger partial charge on any atom is 0.433 e. The lowest BCUT2D eigenvalue weighted by Gasteiger charge is -2.09. The van der Waals surface area contributed by atoms with Crippen molar-refractivity contribution in [2.75, 3.05) is 0 Å². The fourth-order valence-corrected chi connectivity index (χ4v) is 1.92. The second-order valence-corrected chi connectivity index (χ2v) is 3.60. The first kappa shape index (κ1) is 12.3. The van der Waals surface area contributed by atoms with Crippen LogP contribution in [0.25, 0.3) is 0 Å². The number of aromatic nitrogens is 1. The molecule has 0 saturated carbocycles. The fraction of sp³-hybridized carbons (Fsp3) is 0.250. The van der Waals surface area contributed by atoms with E-state index in [-0.39, 0.29) is 15.9 Å². The minimum absolute atomic E-state index is 0.00822. The quantitative estimate of drug-likeness (QED) is 0.805. The molecule has 0 aromatic carbocycles. The number of terminal acetylenes is 1. The van der Waals surface area contributed by atoms with E-state index in [2.05, 4.69) is 0 Å². The Kier molecular flexibility index (Phi) is 3.09. The van der Waals surface area contributed by atoms with Crippen LogP contribution in [-0.4, -0.2) is 15.6 Å². The molecule has 1 rings (SSSR count). The third-order valence-corrected chi connectivity index (χ3v) is 2.57. The average molecular weight is 251 g/mol. The van der Waals surface area contributed by atoms with Crippen LogP contribution in [0.3, 0.4) is 0 Å². The van der Waals surface area contributed by atoms with Crippen molar-refractivity contribution in [3.8, 4) is 12.3 Å². The zero-order valence-electron chi connectivity index (χ0n) is 7.54. The highest BCUT2D eigenvalue weighted by molar-refractivity contribution is 7.11. The fourth-order valence-electron chi connectivity index (χ4n) is 1.07. The van der Waals surface area contributed by atoms with Crippen molar-refractivity contribution in [2.24, 2.45) is 0 Å². The molecule has 0 saturated heterocycles. The molecular weight excluding hydrogens is 247 g/mol. The summed E-state index contributed by atoms with van der Waals surface area (Å²) < 4.78 is 37.8. The normalized spacial score (nSPS) is 11.1. The summed E-state index contributed by atoms with van der Waals surface area (Å²) in [4.78, 5) is 19.6. The van der Waals surface area contributed by atoms with Gasteiger partial charge in [-0.3, -0.25) is 9.36 Å². The number of carbonyl (C=O) groups is 1. The van der Waals surface area contributed by atoms with Gasteiger partial charge in [-0.15, -0.1) is 6.42 Å². The van der Waals surface area contributed by atoms with Gasteiger partial charge in [-0.05, 0) is 0 Å². The largest absolute Gasteiger partial charge is 0.477 e. The molecule has 0 aliphatic heterocycles. The lowest BCUT2D eigenvalue weighted by molar-refractivity contribution is -0.143. The van der Waals surface area contributed by atoms with Crippen molar-refractivity contribution in [1.82, 2.24) is 4.57 Å². The van der Waals surface area contributed by atoms with Gasteiger partial charge >= 0.3 is 17.0 Å². The van der Waals surface area contributed by atoms with Crippen LogP contribution in [0.5, 0.6) is 0 Å². The van der Waals surface area contributed by atoms with Crippen molar-refractivity contribution in [3.63, 3.8) is 0 Å². The van der Waals surface area contributed by atoms with Crippen molar-refractivity contribution in [2.45, 2.75) is 12.7 Å². The van der Waals surface area contributed by atoms with E-state index in [1.54, 1.807) is 0 Å². The Balaban J connectivity index is 3.57. The Morgan fingerprint density at radius 3 is 2.50 bits per heavy atom. The van der Waals surface area contributed by atoms with Gasteiger partial charge in [-0.2, -0.15) is 13.2 Å². The van der Waals surface area contributed by atoms with E-state index in [0.29, 0.717) is 0 Å². The molecular formula is C8H4F3NO3S. The Morgan fingerprint density at radius 2 is 2.12 bits per heavy atom. The Bertz CT molecular complexity index is 520. The van der Waals surface area contributed by atoms with Crippen LogP contribution in [0, 0.1) is 12.3 Å². The topological polar surface area (TPSA) is 59.3 Å². The van der Waals surface area contributed by atoms with E-state index in [1.807, 2.05) is 5.92 Å². The molecule has 0 atom stereocenters. The molecule has 0 bridgehead atoms. The lowest BCUT2D eigenvalue weighted by Crippen LogP contribution is -2.22. The summed E-state index contributed by atoms with van der Waals surface area (Å²) in [5, 5.41) is 8.54. The number of alkyl halides is 3. The molecule has 0 unspecified atom stereocenters. The Hall–Kier alpha value is -1.75. The van der Waals surface area contributed by atoms with E-state index >= 15 is 0 Å². The van der Waals surface area contributed by atoms with Gasteiger partial charge in [0.05, 0.1) is 6.54 Å². The second kappa shape index (κ2) is 4.02. The predicted octanol–water partition coefficient (Wildman–Crippen LogP) is 1.26. The van der Waals surface area contributed by atoms with Crippen LogP contribution in [0.1, 0.15) is 15.4 Å². The molecule has 0 fully saturated rings. The molecule has 0 aliphatic rings. The van der Waals surface area contributed by atoms with Crippen LogP contribution in [0.4, 0.5) is 13.2 Å². The van der Waals surface area contributed by atoms with Crippen LogP contribution >= 0.6 is 11.3 Å². The summed E-state index contributed by atoms with van der Waals surface area (Å²) in [6, 6.07) is 0. The van der Waals surface area contributed by atoms with Crippen LogP contribution in [-0.2, 0) is 12.7 Å². The molecule has 0 aliphatic carbocycles. The predicted molar refractivity (Wildman–Crippen MR) is 49.4 cm³/mol. The molecule has 8 heteroatoms. The molecule has 0 spiro atoms. The number of halogens is 3. The summed E-state index contributed by atoms with van der Waals surface area (Å²) in [6.45, 7) is -0.614. The van der Waals surface area contributed by atoms with Gasteiger partial charge in [-0.1, -0.05) is 17.3 Å². The summed E-state index contributed by atoms with van der Waals surface area (Å²) in [5.74, 6) is 0.0655. The number of carboxylic acids is 1. The molecule has 0 amide bonds. The van der Waals surface area contributed by atoms with Crippen LogP contribution < -0.4 is 4.87 Å². The van der Waals surface area contributed by atoms with Gasteiger partial charge in [0.25, 0.3) is 0 Å². The second-order valence-electron chi connectivity index (χ2n) is 2.64. The maximum absolute atomic E-state index is 12.5. The first-order chi connectivity index (χ1) is 7.29. The van der Waals surface area contributed by atoms with Crippen LogP contribution in [0.2, 0.25) is 0 Å². The van der Waals surface area contributed by atoms with E-state index in [1.165, 1.54) is 0 Å². The zero-order chi connectivity index (χ0) is 12.5. The van der Waals surface area contributed by atoms with Crippen molar-refractivity contribution in [3.05, 3.63) is 20.2 Å². The van der Waals surface area contributed by atoms with Gasteiger partial charge in [-0.25, -0.2) is 4.79 Å². The highest BCUT2D eigenvalue weighted by Crippen LogP contribution is 2.33. The minimum Gasteiger partial charge on any atom is -0.477 e. The highest BCUT2D eigenvalue weighted by atomic mass is 32.1. The maximum atomic E-state index is 12.5. The molecule has 1 aromatic rings. The Labute approximate surface area is 90.9 Å². The van der Waals surface area contributed by atoms with E-state index < -0.39 is 34.1 Å². The monoisotopic (exact) mass is 251 g/mol. The number of hydrogen-bond acceptors (Lipinski definition) is 3. The van der Waals surface area contributed by atoms with Crippen molar-refractivity contribution < 1.29 is 23.1 Å². The summed E-state index contributed by atoms with van der Waals surface area (Å²) in [6.07, 6.45) is -0.120. The van der Waals surface area contributed by atoms with Gasteiger partial charge < -0.3 is 5.11 Å². The molecule has 86 valence electrons. The summed E-state index contributed by atoms with van der Waals surface area (Å²) in [7, 11) is 0. The van der Waals surface area contributed by atoms with Crippen molar-refractivity contribution >= 4 is 17.3 Å². The summed E-state index contributed by atoms with van der Waals surface area (Å²) >= 11 is 0.00822.